The topological polar surface area (TPSA) is 43.8 Å². The molecule has 0 aliphatic heterocycles. The molecule has 2 aromatic rings. The number of hydrogen-bond donors (Lipinski definition) is 1. The van der Waals surface area contributed by atoms with E-state index >= 15 is 0 Å². The van der Waals surface area contributed by atoms with E-state index in [0.29, 0.717) is 5.41 Å². The first-order valence-corrected chi connectivity index (χ1v) is 6.09. The highest BCUT2D eigenvalue weighted by molar-refractivity contribution is 5.79. The van der Waals surface area contributed by atoms with E-state index in [4.69, 9.17) is 5.73 Å². The average Bonchev–Trinajstić information content (AvgIpc) is 2.48. The molecule has 1 aromatic carbocycles. The number of hydrogen-bond acceptors (Lipinski definition) is 2. The standard InChI is InChI=1S/C14H21N3/c1-10-16-12-9-11(15)5-6-13(12)17(10)8-7-14(2,3)4/h5-6,9H,7-8,15H2,1-4H3. The monoisotopic (exact) mass is 231 g/mol. The minimum absolute atomic E-state index is 0.344. The first-order valence-electron chi connectivity index (χ1n) is 6.09. The smallest absolute Gasteiger partial charge is 0.106 e. The molecule has 0 aliphatic rings. The molecule has 0 amide bonds. The third kappa shape index (κ3) is 2.60. The number of nitrogens with two attached hydrogens (primary N) is 1. The third-order valence-corrected chi connectivity index (χ3v) is 3.05. The van der Waals surface area contributed by atoms with E-state index in [1.54, 1.807) is 0 Å². The van der Waals surface area contributed by atoms with Gasteiger partial charge in [-0.3, -0.25) is 0 Å². The lowest BCUT2D eigenvalue weighted by atomic mass is 9.92. The van der Waals surface area contributed by atoms with Crippen LogP contribution in [0.5, 0.6) is 0 Å². The zero-order valence-corrected chi connectivity index (χ0v) is 11.1. The van der Waals surface area contributed by atoms with Crippen LogP contribution in [0.3, 0.4) is 0 Å². The van der Waals surface area contributed by atoms with Crippen LogP contribution in [0, 0.1) is 12.3 Å². The van der Waals surface area contributed by atoms with Gasteiger partial charge in [0, 0.05) is 12.2 Å². The van der Waals surface area contributed by atoms with E-state index in [1.807, 2.05) is 12.1 Å². The highest BCUT2D eigenvalue weighted by atomic mass is 15.1. The predicted molar refractivity (Wildman–Crippen MR) is 73.0 cm³/mol. The molecule has 3 heteroatoms. The second-order valence-electron chi connectivity index (χ2n) is 5.87. The zero-order valence-electron chi connectivity index (χ0n) is 11.1. The summed E-state index contributed by atoms with van der Waals surface area (Å²) in [4.78, 5) is 4.56. The van der Waals surface area contributed by atoms with Gasteiger partial charge in [-0.25, -0.2) is 4.98 Å². The summed E-state index contributed by atoms with van der Waals surface area (Å²) in [5.41, 5.74) is 9.08. The predicted octanol–water partition coefficient (Wildman–Crippen LogP) is 3.36. The molecule has 92 valence electrons. The Bertz CT molecular complexity index is 532. The molecule has 2 N–H and O–H groups in total. The Morgan fingerprint density at radius 1 is 1.29 bits per heavy atom. The van der Waals surface area contributed by atoms with Crippen LogP contribution in [0.4, 0.5) is 5.69 Å². The molecule has 0 fully saturated rings. The van der Waals surface area contributed by atoms with Gasteiger partial charge in [0.05, 0.1) is 11.0 Å². The molecule has 0 atom stereocenters. The lowest BCUT2D eigenvalue weighted by Gasteiger charge is -2.19. The van der Waals surface area contributed by atoms with Gasteiger partial charge in [0.1, 0.15) is 5.82 Å². The summed E-state index contributed by atoms with van der Waals surface area (Å²) >= 11 is 0. The van der Waals surface area contributed by atoms with Gasteiger partial charge in [0.25, 0.3) is 0 Å². The maximum absolute atomic E-state index is 5.78. The van der Waals surface area contributed by atoms with Crippen LogP contribution in [0.15, 0.2) is 18.2 Å². The second kappa shape index (κ2) is 4.06. The van der Waals surface area contributed by atoms with Crippen molar-refractivity contribution >= 4 is 16.7 Å². The molecular weight excluding hydrogens is 210 g/mol. The molecule has 0 radical (unpaired) electrons. The van der Waals surface area contributed by atoms with E-state index in [2.05, 4.69) is 43.3 Å². The summed E-state index contributed by atoms with van der Waals surface area (Å²) in [6, 6.07) is 5.94. The van der Waals surface area contributed by atoms with Crippen molar-refractivity contribution in [2.45, 2.75) is 40.7 Å². The van der Waals surface area contributed by atoms with Crippen molar-refractivity contribution in [2.75, 3.05) is 5.73 Å². The van der Waals surface area contributed by atoms with Crippen LogP contribution >= 0.6 is 0 Å². The molecule has 0 unspecified atom stereocenters. The van der Waals surface area contributed by atoms with E-state index in [1.165, 1.54) is 5.52 Å². The average molecular weight is 231 g/mol. The summed E-state index contributed by atoms with van der Waals surface area (Å²) in [6.07, 6.45) is 1.14. The summed E-state index contributed by atoms with van der Waals surface area (Å²) in [6.45, 7) is 9.85. The number of rotatable bonds is 2. The van der Waals surface area contributed by atoms with Crippen molar-refractivity contribution in [1.82, 2.24) is 9.55 Å². The fourth-order valence-electron chi connectivity index (χ4n) is 2.00. The molecular formula is C14H21N3. The van der Waals surface area contributed by atoms with Crippen LogP contribution < -0.4 is 5.73 Å². The Labute approximate surface area is 103 Å². The van der Waals surface area contributed by atoms with Gasteiger partial charge in [0.15, 0.2) is 0 Å². The van der Waals surface area contributed by atoms with Gasteiger partial charge in [0.2, 0.25) is 0 Å². The highest BCUT2D eigenvalue weighted by Crippen LogP contribution is 2.23. The molecule has 3 nitrogen and oxygen atoms in total. The second-order valence-corrected chi connectivity index (χ2v) is 5.87. The van der Waals surface area contributed by atoms with Crippen molar-refractivity contribution in [1.29, 1.82) is 0 Å². The van der Waals surface area contributed by atoms with E-state index in [0.717, 1.165) is 30.0 Å². The first-order chi connectivity index (χ1) is 7.87. The summed E-state index contributed by atoms with van der Waals surface area (Å²) in [5, 5.41) is 0. The quantitative estimate of drug-likeness (QED) is 0.805. The van der Waals surface area contributed by atoms with Crippen molar-refractivity contribution < 1.29 is 0 Å². The number of benzene rings is 1. The Kier molecular flexibility index (Phi) is 2.86. The summed E-state index contributed by atoms with van der Waals surface area (Å²) < 4.78 is 2.28. The number of imidazole rings is 1. The molecule has 0 aliphatic carbocycles. The molecule has 0 bridgehead atoms. The van der Waals surface area contributed by atoms with Crippen molar-refractivity contribution in [3.63, 3.8) is 0 Å². The van der Waals surface area contributed by atoms with E-state index in [-0.39, 0.29) is 0 Å². The van der Waals surface area contributed by atoms with E-state index in [9.17, 15) is 0 Å². The number of nitrogen functional groups attached to an aromatic ring is 1. The molecule has 0 saturated heterocycles. The van der Waals surface area contributed by atoms with Crippen molar-refractivity contribution in [3.05, 3.63) is 24.0 Å². The maximum atomic E-state index is 5.78. The molecule has 0 spiro atoms. The van der Waals surface area contributed by atoms with Gasteiger partial charge in [-0.1, -0.05) is 20.8 Å². The van der Waals surface area contributed by atoms with Crippen LogP contribution in [0.25, 0.3) is 11.0 Å². The normalized spacial score (nSPS) is 12.2. The third-order valence-electron chi connectivity index (χ3n) is 3.05. The van der Waals surface area contributed by atoms with Crippen molar-refractivity contribution in [3.8, 4) is 0 Å². The minimum atomic E-state index is 0.344. The van der Waals surface area contributed by atoms with Gasteiger partial charge in [-0.2, -0.15) is 0 Å². The van der Waals surface area contributed by atoms with Gasteiger partial charge in [-0.05, 0) is 37.0 Å². The molecule has 1 aromatic heterocycles. The SMILES string of the molecule is Cc1nc2cc(N)ccc2n1CCC(C)(C)C. The van der Waals surface area contributed by atoms with Crippen LogP contribution in [0.1, 0.15) is 33.0 Å². The Morgan fingerprint density at radius 2 is 2.00 bits per heavy atom. The largest absolute Gasteiger partial charge is 0.399 e. The zero-order chi connectivity index (χ0) is 12.6. The van der Waals surface area contributed by atoms with Crippen LogP contribution in [-0.4, -0.2) is 9.55 Å². The Balaban J connectivity index is 2.36. The van der Waals surface area contributed by atoms with Crippen molar-refractivity contribution in [2.24, 2.45) is 5.41 Å². The number of aryl methyl sites for hydroxylation is 2. The van der Waals surface area contributed by atoms with Crippen LogP contribution in [-0.2, 0) is 6.54 Å². The van der Waals surface area contributed by atoms with Crippen LogP contribution in [0.2, 0.25) is 0 Å². The maximum Gasteiger partial charge on any atom is 0.106 e. The van der Waals surface area contributed by atoms with Gasteiger partial charge >= 0.3 is 0 Å². The lowest BCUT2D eigenvalue weighted by Crippen LogP contribution is -2.11. The highest BCUT2D eigenvalue weighted by Gasteiger charge is 2.13. The number of aromatic nitrogens is 2. The summed E-state index contributed by atoms with van der Waals surface area (Å²) in [5.74, 6) is 1.06. The Morgan fingerprint density at radius 3 is 2.65 bits per heavy atom. The van der Waals surface area contributed by atoms with Gasteiger partial charge < -0.3 is 10.3 Å². The minimum Gasteiger partial charge on any atom is -0.399 e. The van der Waals surface area contributed by atoms with Gasteiger partial charge in [-0.15, -0.1) is 0 Å². The number of anilines is 1. The molecule has 17 heavy (non-hydrogen) atoms. The summed E-state index contributed by atoms with van der Waals surface area (Å²) in [7, 11) is 0. The lowest BCUT2D eigenvalue weighted by molar-refractivity contribution is 0.351. The van der Waals surface area contributed by atoms with E-state index < -0.39 is 0 Å². The number of nitrogens with zero attached hydrogens (tertiary/aromatic N) is 2. The molecule has 1 heterocycles. The Hall–Kier alpha value is -1.51. The fraction of sp³-hybridized carbons (Fsp3) is 0.500. The first kappa shape index (κ1) is 12.0. The number of fused-ring (bicyclic) bond motifs is 1. The molecule has 2 rings (SSSR count). The fourth-order valence-corrected chi connectivity index (χ4v) is 2.00. The molecule has 0 saturated carbocycles.